The van der Waals surface area contributed by atoms with Crippen LogP contribution >= 0.6 is 0 Å². The molecule has 2 heterocycles. The van der Waals surface area contributed by atoms with Crippen LogP contribution in [0, 0.1) is 5.92 Å². The number of aliphatic hydroxyl groups excluding tert-OH is 1. The Morgan fingerprint density at radius 2 is 1.93 bits per heavy atom. The smallest absolute Gasteiger partial charge is 0.223 e. The Kier molecular flexibility index (Phi) is 2.19. The normalized spacial score (nSPS) is 44.1. The predicted octanol–water partition coefficient (Wildman–Crippen LogP) is -0.960. The Morgan fingerprint density at radius 3 is 2.67 bits per heavy atom. The third-order valence-corrected chi connectivity index (χ3v) is 3.30. The Bertz CT molecular complexity index is 279. The molecule has 15 heavy (non-hydrogen) atoms. The van der Waals surface area contributed by atoms with Crippen molar-refractivity contribution < 1.29 is 19.4 Å². The van der Waals surface area contributed by atoms with Crippen LogP contribution in [0.3, 0.4) is 0 Å². The fourth-order valence-corrected chi connectivity index (χ4v) is 2.25. The molecule has 1 aliphatic carbocycles. The minimum atomic E-state index is -0.544. The molecule has 3 fully saturated rings. The van der Waals surface area contributed by atoms with Gasteiger partial charge in [0, 0.05) is 5.92 Å². The van der Waals surface area contributed by atoms with Crippen molar-refractivity contribution in [2.75, 3.05) is 13.2 Å². The first-order chi connectivity index (χ1) is 7.25. The van der Waals surface area contributed by atoms with Gasteiger partial charge in [-0.05, 0) is 12.8 Å². The third kappa shape index (κ3) is 1.64. The Labute approximate surface area is 87.7 Å². The molecule has 1 amide bonds. The largest absolute Gasteiger partial charge is 0.388 e. The van der Waals surface area contributed by atoms with Crippen molar-refractivity contribution in [3.05, 3.63) is 0 Å². The number of nitrogens with one attached hydrogen (secondary N) is 1. The fourth-order valence-electron chi connectivity index (χ4n) is 2.25. The van der Waals surface area contributed by atoms with Gasteiger partial charge in [-0.2, -0.15) is 0 Å². The molecule has 0 bridgehead atoms. The topological polar surface area (TPSA) is 67.8 Å². The third-order valence-electron chi connectivity index (χ3n) is 3.30. The highest BCUT2D eigenvalue weighted by Gasteiger charge is 2.48. The summed E-state index contributed by atoms with van der Waals surface area (Å²) in [5.41, 5.74) is 0. The second-order valence-corrected chi connectivity index (χ2v) is 4.55. The number of aliphatic hydroxyl groups is 1. The molecule has 0 spiro atoms. The van der Waals surface area contributed by atoms with E-state index >= 15 is 0 Å². The van der Waals surface area contributed by atoms with Crippen LogP contribution in [0.1, 0.15) is 12.8 Å². The van der Waals surface area contributed by atoms with E-state index in [0.717, 1.165) is 12.8 Å². The van der Waals surface area contributed by atoms with Gasteiger partial charge in [-0.3, -0.25) is 4.79 Å². The van der Waals surface area contributed by atoms with Gasteiger partial charge in [0.05, 0.1) is 19.3 Å². The summed E-state index contributed by atoms with van der Waals surface area (Å²) in [5.74, 6) is 0.310. The number of ether oxygens (including phenoxy) is 2. The average molecular weight is 213 g/mol. The molecule has 2 N–H and O–H groups in total. The van der Waals surface area contributed by atoms with Crippen LogP contribution in [0.4, 0.5) is 0 Å². The Morgan fingerprint density at radius 1 is 1.20 bits per heavy atom. The summed E-state index contributed by atoms with van der Waals surface area (Å²) in [7, 11) is 0. The Hall–Kier alpha value is -0.650. The van der Waals surface area contributed by atoms with Crippen molar-refractivity contribution in [2.24, 2.45) is 5.92 Å². The van der Waals surface area contributed by atoms with E-state index in [0.29, 0.717) is 13.2 Å². The number of fused-ring (bicyclic) bond motifs is 1. The van der Waals surface area contributed by atoms with Gasteiger partial charge < -0.3 is 19.9 Å². The van der Waals surface area contributed by atoms with Crippen molar-refractivity contribution in [3.63, 3.8) is 0 Å². The average Bonchev–Trinajstić information content (AvgIpc) is 2.90. The lowest BCUT2D eigenvalue weighted by atomic mass is 10.1. The van der Waals surface area contributed by atoms with Crippen molar-refractivity contribution in [3.8, 4) is 0 Å². The van der Waals surface area contributed by atoms with E-state index in [1.807, 2.05) is 0 Å². The van der Waals surface area contributed by atoms with Crippen LogP contribution in [-0.2, 0) is 14.3 Å². The number of hydrogen-bond donors (Lipinski definition) is 2. The monoisotopic (exact) mass is 213 g/mol. The summed E-state index contributed by atoms with van der Waals surface area (Å²) in [6, 6.07) is -0.0831. The van der Waals surface area contributed by atoms with Crippen molar-refractivity contribution in [1.82, 2.24) is 5.32 Å². The number of carbonyl (C=O) groups is 1. The first-order valence-corrected chi connectivity index (χ1v) is 5.47. The number of amides is 1. The highest BCUT2D eigenvalue weighted by Crippen LogP contribution is 2.31. The zero-order valence-corrected chi connectivity index (χ0v) is 8.39. The van der Waals surface area contributed by atoms with E-state index in [2.05, 4.69) is 5.32 Å². The minimum absolute atomic E-state index is 0.0831. The highest BCUT2D eigenvalue weighted by molar-refractivity contribution is 5.81. The van der Waals surface area contributed by atoms with Crippen LogP contribution in [0.15, 0.2) is 0 Å². The van der Waals surface area contributed by atoms with Crippen molar-refractivity contribution in [1.29, 1.82) is 0 Å². The fraction of sp³-hybridized carbons (Fsp3) is 0.900. The van der Waals surface area contributed by atoms with Gasteiger partial charge in [-0.1, -0.05) is 0 Å². The molecule has 3 rings (SSSR count). The highest BCUT2D eigenvalue weighted by atomic mass is 16.6. The van der Waals surface area contributed by atoms with Gasteiger partial charge in [0.2, 0.25) is 5.91 Å². The molecule has 5 nitrogen and oxygen atoms in total. The van der Waals surface area contributed by atoms with E-state index in [4.69, 9.17) is 9.47 Å². The Balaban J connectivity index is 1.60. The summed E-state index contributed by atoms with van der Waals surface area (Å²) in [5, 5.41) is 12.4. The summed E-state index contributed by atoms with van der Waals surface area (Å²) in [6.07, 6.45) is 1.03. The van der Waals surface area contributed by atoms with E-state index < -0.39 is 6.10 Å². The molecule has 84 valence electrons. The molecule has 0 aromatic carbocycles. The molecule has 0 unspecified atom stereocenters. The van der Waals surface area contributed by atoms with E-state index in [1.54, 1.807) is 0 Å². The number of hydrogen-bond acceptors (Lipinski definition) is 4. The number of rotatable bonds is 2. The first kappa shape index (κ1) is 9.57. The van der Waals surface area contributed by atoms with E-state index in [-0.39, 0.29) is 30.1 Å². The van der Waals surface area contributed by atoms with Crippen LogP contribution in [0.2, 0.25) is 0 Å². The van der Waals surface area contributed by atoms with Crippen molar-refractivity contribution >= 4 is 5.91 Å². The molecule has 0 radical (unpaired) electrons. The maximum atomic E-state index is 11.5. The van der Waals surface area contributed by atoms with Crippen LogP contribution < -0.4 is 5.32 Å². The molecule has 4 atom stereocenters. The predicted molar refractivity (Wildman–Crippen MR) is 50.1 cm³/mol. The second-order valence-electron chi connectivity index (χ2n) is 4.55. The lowest BCUT2D eigenvalue weighted by Crippen LogP contribution is -2.44. The minimum Gasteiger partial charge on any atom is -0.388 e. The van der Waals surface area contributed by atoms with Gasteiger partial charge in [-0.15, -0.1) is 0 Å². The zero-order valence-electron chi connectivity index (χ0n) is 8.39. The van der Waals surface area contributed by atoms with Crippen LogP contribution in [-0.4, -0.2) is 48.6 Å². The molecular formula is C10H15NO4. The molecule has 3 aliphatic rings. The van der Waals surface area contributed by atoms with E-state index in [9.17, 15) is 9.90 Å². The van der Waals surface area contributed by atoms with Crippen LogP contribution in [0.5, 0.6) is 0 Å². The molecule has 1 saturated carbocycles. The zero-order chi connectivity index (χ0) is 10.4. The maximum absolute atomic E-state index is 11.5. The molecule has 2 saturated heterocycles. The molecular weight excluding hydrogens is 198 g/mol. The maximum Gasteiger partial charge on any atom is 0.223 e. The van der Waals surface area contributed by atoms with Gasteiger partial charge >= 0.3 is 0 Å². The van der Waals surface area contributed by atoms with E-state index in [1.165, 1.54) is 0 Å². The quantitative estimate of drug-likeness (QED) is 0.620. The summed E-state index contributed by atoms with van der Waals surface area (Å²) in [4.78, 5) is 11.5. The number of carbonyl (C=O) groups excluding carboxylic acids is 1. The van der Waals surface area contributed by atoms with Crippen LogP contribution in [0.25, 0.3) is 0 Å². The van der Waals surface area contributed by atoms with Gasteiger partial charge in [0.15, 0.2) is 0 Å². The summed E-state index contributed by atoms with van der Waals surface area (Å²) < 4.78 is 10.8. The lowest BCUT2D eigenvalue weighted by molar-refractivity contribution is -0.123. The van der Waals surface area contributed by atoms with Gasteiger partial charge in [0.25, 0.3) is 0 Å². The lowest BCUT2D eigenvalue weighted by Gasteiger charge is -2.17. The molecule has 0 aromatic heterocycles. The molecule has 5 heteroatoms. The SMILES string of the molecule is O=C(N[C@H]1CO[C@H]2[C@@H]1OC[C@H]2O)C1CC1. The second kappa shape index (κ2) is 3.43. The molecule has 0 aromatic rings. The van der Waals surface area contributed by atoms with Gasteiger partial charge in [0.1, 0.15) is 18.3 Å². The first-order valence-electron chi connectivity index (χ1n) is 5.47. The standard InChI is InChI=1S/C10H15NO4/c12-7-4-15-8-6(3-14-9(7)8)11-10(13)5-1-2-5/h5-9,12H,1-4H2,(H,11,13)/t6-,7+,8+,9+/m0/s1. The van der Waals surface area contributed by atoms with Crippen molar-refractivity contribution in [2.45, 2.75) is 37.2 Å². The summed E-state index contributed by atoms with van der Waals surface area (Å²) in [6.45, 7) is 0.760. The summed E-state index contributed by atoms with van der Waals surface area (Å²) >= 11 is 0. The molecule has 2 aliphatic heterocycles. The van der Waals surface area contributed by atoms with Gasteiger partial charge in [-0.25, -0.2) is 0 Å².